The Labute approximate surface area is 107 Å². The van der Waals surface area contributed by atoms with Crippen molar-refractivity contribution in [1.29, 1.82) is 0 Å². The molecule has 0 aromatic rings. The molecule has 102 valence electrons. The van der Waals surface area contributed by atoms with Gasteiger partial charge in [-0.15, -0.1) is 0 Å². The Hall–Kier alpha value is -0.120. The molecule has 17 heavy (non-hydrogen) atoms. The van der Waals surface area contributed by atoms with Crippen molar-refractivity contribution in [3.05, 3.63) is 0 Å². The summed E-state index contributed by atoms with van der Waals surface area (Å²) in [6.45, 7) is 14.2. The van der Waals surface area contributed by atoms with Gasteiger partial charge in [0.05, 0.1) is 6.61 Å². The Morgan fingerprint density at radius 3 is 2.76 bits per heavy atom. The lowest BCUT2D eigenvalue weighted by molar-refractivity contribution is 0.0678. The molecule has 0 amide bonds. The molecular formula is C14H30N2O. The minimum atomic E-state index is 0.642. The molecule has 3 heteroatoms. The van der Waals surface area contributed by atoms with Crippen molar-refractivity contribution in [2.75, 3.05) is 32.8 Å². The van der Waals surface area contributed by atoms with Crippen molar-refractivity contribution in [3.8, 4) is 0 Å². The molecule has 0 aromatic carbocycles. The molecule has 2 atom stereocenters. The average Bonchev–Trinajstić information content (AvgIpc) is 2.28. The molecule has 1 aliphatic rings. The first-order chi connectivity index (χ1) is 8.13. The molecule has 0 aromatic heterocycles. The number of hydrogen-bond donors (Lipinski definition) is 1. The van der Waals surface area contributed by atoms with Crippen LogP contribution in [0.3, 0.4) is 0 Å². The third-order valence-corrected chi connectivity index (χ3v) is 3.41. The van der Waals surface area contributed by atoms with E-state index in [9.17, 15) is 0 Å². The zero-order chi connectivity index (χ0) is 12.7. The maximum atomic E-state index is 5.59. The Bertz CT molecular complexity index is 197. The second-order valence-electron chi connectivity index (χ2n) is 5.69. The highest BCUT2D eigenvalue weighted by molar-refractivity contribution is 4.84. The topological polar surface area (TPSA) is 24.5 Å². The Kier molecular flexibility index (Phi) is 7.09. The van der Waals surface area contributed by atoms with E-state index in [1.165, 1.54) is 13.0 Å². The van der Waals surface area contributed by atoms with Gasteiger partial charge in [0.25, 0.3) is 0 Å². The third kappa shape index (κ3) is 5.84. The average molecular weight is 242 g/mol. The first kappa shape index (κ1) is 14.9. The van der Waals surface area contributed by atoms with Crippen LogP contribution < -0.4 is 5.32 Å². The van der Waals surface area contributed by atoms with Gasteiger partial charge in [-0.25, -0.2) is 0 Å². The minimum Gasteiger partial charge on any atom is -0.380 e. The van der Waals surface area contributed by atoms with E-state index in [1.54, 1.807) is 0 Å². The van der Waals surface area contributed by atoms with Gasteiger partial charge >= 0.3 is 0 Å². The van der Waals surface area contributed by atoms with Crippen LogP contribution in [0.25, 0.3) is 0 Å². The Morgan fingerprint density at radius 2 is 2.12 bits per heavy atom. The maximum absolute atomic E-state index is 5.59. The lowest BCUT2D eigenvalue weighted by Crippen LogP contribution is -2.56. The van der Waals surface area contributed by atoms with Gasteiger partial charge in [0.2, 0.25) is 0 Å². The summed E-state index contributed by atoms with van der Waals surface area (Å²) in [5.41, 5.74) is 0. The summed E-state index contributed by atoms with van der Waals surface area (Å²) >= 11 is 0. The second-order valence-corrected chi connectivity index (χ2v) is 5.69. The molecule has 2 unspecified atom stereocenters. The van der Waals surface area contributed by atoms with Crippen molar-refractivity contribution in [2.45, 2.75) is 52.6 Å². The van der Waals surface area contributed by atoms with Crippen LogP contribution in [0.2, 0.25) is 0 Å². The predicted molar refractivity (Wildman–Crippen MR) is 73.4 cm³/mol. The second kappa shape index (κ2) is 8.06. The van der Waals surface area contributed by atoms with Gasteiger partial charge in [-0.1, -0.05) is 20.8 Å². The number of nitrogens with one attached hydrogen (secondary N) is 1. The van der Waals surface area contributed by atoms with Crippen LogP contribution in [0.1, 0.15) is 40.5 Å². The molecule has 0 saturated carbocycles. The summed E-state index contributed by atoms with van der Waals surface area (Å²) < 4.78 is 5.59. The normalized spacial score (nSPS) is 26.6. The SMILES string of the molecule is CCCOCCN1CC(CC(C)C)NCC1C. The summed E-state index contributed by atoms with van der Waals surface area (Å²) in [6.07, 6.45) is 2.39. The standard InChI is InChI=1S/C14H30N2O/c1-5-7-17-8-6-16-11-14(9-12(2)3)15-10-13(16)4/h12-15H,5-11H2,1-4H3. The van der Waals surface area contributed by atoms with Crippen molar-refractivity contribution >= 4 is 0 Å². The summed E-state index contributed by atoms with van der Waals surface area (Å²) in [5.74, 6) is 0.777. The fraction of sp³-hybridized carbons (Fsp3) is 1.00. The summed E-state index contributed by atoms with van der Waals surface area (Å²) in [4.78, 5) is 2.57. The van der Waals surface area contributed by atoms with Gasteiger partial charge < -0.3 is 10.1 Å². The number of piperazine rings is 1. The maximum Gasteiger partial charge on any atom is 0.0593 e. The van der Waals surface area contributed by atoms with Gasteiger partial charge in [-0.05, 0) is 25.7 Å². The molecule has 0 radical (unpaired) electrons. The number of nitrogens with zero attached hydrogens (tertiary/aromatic N) is 1. The van der Waals surface area contributed by atoms with E-state index in [4.69, 9.17) is 4.74 Å². The van der Waals surface area contributed by atoms with Crippen LogP contribution in [0.4, 0.5) is 0 Å². The fourth-order valence-corrected chi connectivity index (χ4v) is 2.46. The van der Waals surface area contributed by atoms with E-state index in [0.717, 1.165) is 38.6 Å². The first-order valence-electron chi connectivity index (χ1n) is 7.18. The van der Waals surface area contributed by atoms with Crippen molar-refractivity contribution in [2.24, 2.45) is 5.92 Å². The highest BCUT2D eigenvalue weighted by atomic mass is 16.5. The molecular weight excluding hydrogens is 212 g/mol. The molecule has 3 nitrogen and oxygen atoms in total. The van der Waals surface area contributed by atoms with Crippen LogP contribution in [-0.2, 0) is 4.74 Å². The zero-order valence-electron chi connectivity index (χ0n) is 12.0. The van der Waals surface area contributed by atoms with E-state index in [1.807, 2.05) is 0 Å². The lowest BCUT2D eigenvalue weighted by Gasteiger charge is -2.39. The number of ether oxygens (including phenoxy) is 1. The van der Waals surface area contributed by atoms with Crippen LogP contribution in [-0.4, -0.2) is 49.8 Å². The minimum absolute atomic E-state index is 0.642. The van der Waals surface area contributed by atoms with Crippen LogP contribution in [0.5, 0.6) is 0 Å². The van der Waals surface area contributed by atoms with Crippen LogP contribution in [0, 0.1) is 5.92 Å². The van der Waals surface area contributed by atoms with Crippen molar-refractivity contribution in [3.63, 3.8) is 0 Å². The van der Waals surface area contributed by atoms with Gasteiger partial charge in [0.1, 0.15) is 0 Å². The van der Waals surface area contributed by atoms with Gasteiger partial charge in [-0.2, -0.15) is 0 Å². The number of rotatable bonds is 7. The lowest BCUT2D eigenvalue weighted by atomic mass is 10.0. The predicted octanol–water partition coefficient (Wildman–Crippen LogP) is 2.12. The molecule has 0 aliphatic carbocycles. The van der Waals surface area contributed by atoms with Crippen LogP contribution >= 0.6 is 0 Å². The molecule has 1 N–H and O–H groups in total. The van der Waals surface area contributed by atoms with Crippen molar-refractivity contribution < 1.29 is 4.74 Å². The zero-order valence-corrected chi connectivity index (χ0v) is 12.0. The first-order valence-corrected chi connectivity index (χ1v) is 7.18. The van der Waals surface area contributed by atoms with Crippen LogP contribution in [0.15, 0.2) is 0 Å². The quantitative estimate of drug-likeness (QED) is 0.692. The molecule has 1 fully saturated rings. The van der Waals surface area contributed by atoms with E-state index < -0.39 is 0 Å². The van der Waals surface area contributed by atoms with E-state index in [2.05, 4.69) is 37.9 Å². The van der Waals surface area contributed by atoms with Gasteiger partial charge in [-0.3, -0.25) is 4.90 Å². The number of hydrogen-bond acceptors (Lipinski definition) is 3. The molecule has 1 saturated heterocycles. The largest absolute Gasteiger partial charge is 0.380 e. The molecule has 1 aliphatic heterocycles. The highest BCUT2D eigenvalue weighted by Gasteiger charge is 2.24. The summed E-state index contributed by atoms with van der Waals surface area (Å²) in [6, 6.07) is 1.31. The Morgan fingerprint density at radius 1 is 1.35 bits per heavy atom. The Balaban J connectivity index is 2.25. The van der Waals surface area contributed by atoms with E-state index in [0.29, 0.717) is 12.1 Å². The van der Waals surface area contributed by atoms with E-state index >= 15 is 0 Å². The summed E-state index contributed by atoms with van der Waals surface area (Å²) in [7, 11) is 0. The highest BCUT2D eigenvalue weighted by Crippen LogP contribution is 2.12. The smallest absolute Gasteiger partial charge is 0.0593 e. The van der Waals surface area contributed by atoms with Gasteiger partial charge in [0, 0.05) is 38.3 Å². The fourth-order valence-electron chi connectivity index (χ4n) is 2.46. The van der Waals surface area contributed by atoms with Crippen molar-refractivity contribution in [1.82, 2.24) is 10.2 Å². The third-order valence-electron chi connectivity index (χ3n) is 3.41. The molecule has 0 spiro atoms. The van der Waals surface area contributed by atoms with Gasteiger partial charge in [0.15, 0.2) is 0 Å². The monoisotopic (exact) mass is 242 g/mol. The molecule has 0 bridgehead atoms. The van der Waals surface area contributed by atoms with E-state index in [-0.39, 0.29) is 0 Å². The summed E-state index contributed by atoms with van der Waals surface area (Å²) in [5, 5.41) is 3.65. The molecule has 1 rings (SSSR count). The molecule has 1 heterocycles.